The first-order valence-electron chi connectivity index (χ1n) is 7.72. The molecule has 2 N–H and O–H groups in total. The highest BCUT2D eigenvalue weighted by Gasteiger charge is 2.28. The van der Waals surface area contributed by atoms with E-state index >= 15 is 0 Å². The van der Waals surface area contributed by atoms with Crippen molar-refractivity contribution in [3.05, 3.63) is 35.9 Å². The molecule has 0 bridgehead atoms. The zero-order valence-corrected chi connectivity index (χ0v) is 13.6. The van der Waals surface area contributed by atoms with Gasteiger partial charge in [0.05, 0.1) is 5.75 Å². The van der Waals surface area contributed by atoms with Crippen LogP contribution in [-0.2, 0) is 21.1 Å². The van der Waals surface area contributed by atoms with Crippen LogP contribution < -0.4 is 5.73 Å². The highest BCUT2D eigenvalue weighted by Crippen LogP contribution is 2.15. The fourth-order valence-corrected chi connectivity index (χ4v) is 4.03. The van der Waals surface area contributed by atoms with Gasteiger partial charge >= 0.3 is 0 Å². The average Bonchev–Trinajstić information content (AvgIpc) is 2.97. The van der Waals surface area contributed by atoms with Crippen LogP contribution in [0.5, 0.6) is 0 Å². The van der Waals surface area contributed by atoms with E-state index in [1.165, 1.54) is 0 Å². The SMILES string of the molecule is NCC1CCN(C(=O)CS(=O)(=O)CCCc2ccccc2)C1. The lowest BCUT2D eigenvalue weighted by Gasteiger charge is -2.16. The minimum Gasteiger partial charge on any atom is -0.341 e. The molecule has 1 aliphatic heterocycles. The number of rotatable bonds is 7. The topological polar surface area (TPSA) is 80.5 Å². The Labute approximate surface area is 132 Å². The highest BCUT2D eigenvalue weighted by atomic mass is 32.2. The number of carbonyl (C=O) groups excluding carboxylic acids is 1. The van der Waals surface area contributed by atoms with E-state index in [4.69, 9.17) is 5.73 Å². The summed E-state index contributed by atoms with van der Waals surface area (Å²) in [7, 11) is -3.34. The molecule has 122 valence electrons. The molecule has 0 radical (unpaired) electrons. The van der Waals surface area contributed by atoms with Crippen LogP contribution in [0, 0.1) is 5.92 Å². The maximum atomic E-state index is 12.1. The molecule has 1 unspecified atom stereocenters. The van der Waals surface area contributed by atoms with Gasteiger partial charge in [-0.05, 0) is 37.3 Å². The number of aryl methyl sites for hydroxylation is 1. The standard InChI is InChI=1S/C16H24N2O3S/c17-11-15-8-9-18(12-15)16(19)13-22(20,21)10-4-7-14-5-2-1-3-6-14/h1-3,5-6,15H,4,7-13,17H2. The molecule has 5 nitrogen and oxygen atoms in total. The van der Waals surface area contributed by atoms with E-state index in [9.17, 15) is 13.2 Å². The van der Waals surface area contributed by atoms with Gasteiger partial charge < -0.3 is 10.6 Å². The Balaban J connectivity index is 1.77. The molecule has 1 aromatic rings. The van der Waals surface area contributed by atoms with Crippen molar-refractivity contribution in [2.75, 3.05) is 31.1 Å². The first-order chi connectivity index (χ1) is 10.5. The minimum absolute atomic E-state index is 0.0573. The van der Waals surface area contributed by atoms with Crippen molar-refractivity contribution < 1.29 is 13.2 Å². The van der Waals surface area contributed by atoms with E-state index in [1.807, 2.05) is 30.3 Å². The van der Waals surface area contributed by atoms with Gasteiger partial charge in [0.2, 0.25) is 5.91 Å². The summed E-state index contributed by atoms with van der Waals surface area (Å²) in [6.07, 6.45) is 2.13. The third-order valence-electron chi connectivity index (χ3n) is 4.08. The molecule has 1 fully saturated rings. The highest BCUT2D eigenvalue weighted by molar-refractivity contribution is 7.92. The molecule has 1 amide bonds. The molecule has 1 heterocycles. The van der Waals surface area contributed by atoms with Gasteiger partial charge in [0.25, 0.3) is 0 Å². The van der Waals surface area contributed by atoms with Gasteiger partial charge in [0.1, 0.15) is 5.75 Å². The zero-order chi connectivity index (χ0) is 16.0. The summed E-state index contributed by atoms with van der Waals surface area (Å²) >= 11 is 0. The Kier molecular flexibility index (Phi) is 5.97. The Morgan fingerprint density at radius 2 is 2.00 bits per heavy atom. The predicted molar refractivity (Wildman–Crippen MR) is 87.2 cm³/mol. The number of likely N-dealkylation sites (tertiary alicyclic amines) is 1. The molecule has 0 aliphatic carbocycles. The fraction of sp³-hybridized carbons (Fsp3) is 0.562. The first-order valence-corrected chi connectivity index (χ1v) is 9.54. The van der Waals surface area contributed by atoms with Crippen molar-refractivity contribution in [3.63, 3.8) is 0 Å². The molecule has 1 aromatic carbocycles. The molecule has 1 saturated heterocycles. The smallest absolute Gasteiger partial charge is 0.237 e. The second-order valence-electron chi connectivity index (χ2n) is 5.91. The largest absolute Gasteiger partial charge is 0.341 e. The van der Waals surface area contributed by atoms with Gasteiger partial charge in [-0.1, -0.05) is 30.3 Å². The number of nitrogens with zero attached hydrogens (tertiary/aromatic N) is 1. The summed E-state index contributed by atoms with van der Waals surface area (Å²) in [4.78, 5) is 13.7. The number of carbonyl (C=O) groups is 1. The first kappa shape index (κ1) is 17.0. The Morgan fingerprint density at radius 3 is 2.64 bits per heavy atom. The predicted octanol–water partition coefficient (Wildman–Crippen LogP) is 0.841. The number of sulfone groups is 1. The van der Waals surface area contributed by atoms with Gasteiger partial charge in [-0.3, -0.25) is 4.79 Å². The summed E-state index contributed by atoms with van der Waals surface area (Å²) in [6.45, 7) is 1.77. The van der Waals surface area contributed by atoms with Crippen molar-refractivity contribution in [3.8, 4) is 0 Å². The van der Waals surface area contributed by atoms with Gasteiger partial charge in [-0.2, -0.15) is 0 Å². The summed E-state index contributed by atoms with van der Waals surface area (Å²) in [5, 5.41) is 0. The Morgan fingerprint density at radius 1 is 1.27 bits per heavy atom. The summed E-state index contributed by atoms with van der Waals surface area (Å²) < 4.78 is 24.1. The molecule has 0 saturated carbocycles. The lowest BCUT2D eigenvalue weighted by Crippen LogP contribution is -2.35. The van der Waals surface area contributed by atoms with E-state index < -0.39 is 9.84 Å². The molecule has 0 aromatic heterocycles. The van der Waals surface area contributed by atoms with E-state index in [2.05, 4.69) is 0 Å². The van der Waals surface area contributed by atoms with E-state index in [0.29, 0.717) is 38.4 Å². The third kappa shape index (κ3) is 5.10. The van der Waals surface area contributed by atoms with Crippen LogP contribution in [0.25, 0.3) is 0 Å². The van der Waals surface area contributed by atoms with E-state index in [-0.39, 0.29) is 17.4 Å². The van der Waals surface area contributed by atoms with Crippen molar-refractivity contribution in [1.82, 2.24) is 4.90 Å². The van der Waals surface area contributed by atoms with Crippen molar-refractivity contribution in [2.24, 2.45) is 11.7 Å². The quantitative estimate of drug-likeness (QED) is 0.806. The fourth-order valence-electron chi connectivity index (χ4n) is 2.74. The normalized spacial score (nSPS) is 18.6. The van der Waals surface area contributed by atoms with Crippen LogP contribution >= 0.6 is 0 Å². The third-order valence-corrected chi connectivity index (χ3v) is 5.68. The van der Waals surface area contributed by atoms with Crippen LogP contribution in [0.15, 0.2) is 30.3 Å². The Hall–Kier alpha value is -1.40. The number of benzene rings is 1. The Bertz CT molecular complexity index is 587. The minimum atomic E-state index is -3.34. The van der Waals surface area contributed by atoms with Gasteiger partial charge in [0.15, 0.2) is 9.84 Å². The summed E-state index contributed by atoms with van der Waals surface area (Å²) in [6, 6.07) is 9.77. The van der Waals surface area contributed by atoms with Crippen molar-refractivity contribution >= 4 is 15.7 Å². The van der Waals surface area contributed by atoms with Crippen LogP contribution in [0.3, 0.4) is 0 Å². The monoisotopic (exact) mass is 324 g/mol. The maximum Gasteiger partial charge on any atom is 0.237 e. The molecule has 0 spiro atoms. The molecule has 1 aliphatic rings. The maximum absolute atomic E-state index is 12.1. The van der Waals surface area contributed by atoms with Crippen LogP contribution in [-0.4, -0.2) is 50.4 Å². The molecular weight excluding hydrogens is 300 g/mol. The second kappa shape index (κ2) is 7.74. The molecule has 1 atom stereocenters. The van der Waals surface area contributed by atoms with Gasteiger partial charge in [-0.15, -0.1) is 0 Å². The average molecular weight is 324 g/mol. The van der Waals surface area contributed by atoms with Gasteiger partial charge in [-0.25, -0.2) is 8.42 Å². The molecule has 6 heteroatoms. The summed E-state index contributed by atoms with van der Waals surface area (Å²) in [5.41, 5.74) is 6.71. The molecule has 2 rings (SSSR count). The summed E-state index contributed by atoms with van der Waals surface area (Å²) in [5.74, 6) is -0.290. The van der Waals surface area contributed by atoms with Crippen molar-refractivity contribution in [2.45, 2.75) is 19.3 Å². The van der Waals surface area contributed by atoms with E-state index in [1.54, 1.807) is 4.90 Å². The zero-order valence-electron chi connectivity index (χ0n) is 12.8. The lowest BCUT2D eigenvalue weighted by molar-refractivity contribution is -0.127. The number of nitrogens with two attached hydrogens (primary N) is 1. The number of hydrogen-bond acceptors (Lipinski definition) is 4. The second-order valence-corrected chi connectivity index (χ2v) is 8.10. The van der Waals surface area contributed by atoms with Crippen LogP contribution in [0.2, 0.25) is 0 Å². The van der Waals surface area contributed by atoms with Crippen molar-refractivity contribution in [1.29, 1.82) is 0 Å². The number of hydrogen-bond donors (Lipinski definition) is 1. The van der Waals surface area contributed by atoms with E-state index in [0.717, 1.165) is 12.0 Å². The molecular formula is C16H24N2O3S. The van der Waals surface area contributed by atoms with Crippen LogP contribution in [0.1, 0.15) is 18.4 Å². The van der Waals surface area contributed by atoms with Crippen LogP contribution in [0.4, 0.5) is 0 Å². The molecule has 22 heavy (non-hydrogen) atoms. The lowest BCUT2D eigenvalue weighted by atomic mass is 10.1. The van der Waals surface area contributed by atoms with Gasteiger partial charge in [0, 0.05) is 13.1 Å². The number of amides is 1.